The van der Waals surface area contributed by atoms with Crippen LogP contribution in [0.15, 0.2) is 28.1 Å². The van der Waals surface area contributed by atoms with Crippen LogP contribution in [-0.4, -0.2) is 0 Å². The molecule has 0 spiro atoms. The summed E-state index contributed by atoms with van der Waals surface area (Å²) in [6.45, 7) is 1.39. The Morgan fingerprint density at radius 3 is 2.72 bits per heavy atom. The summed E-state index contributed by atoms with van der Waals surface area (Å²) in [5.74, 6) is 0. The van der Waals surface area contributed by atoms with Crippen LogP contribution < -0.4 is 0 Å². The fourth-order valence-electron chi connectivity index (χ4n) is 2.00. The van der Waals surface area contributed by atoms with E-state index in [0.29, 0.717) is 18.2 Å². The normalized spacial score (nSPS) is 15.7. The molecule has 1 aliphatic heterocycles. The number of fused-ring (bicyclic) bond motifs is 1. The van der Waals surface area contributed by atoms with E-state index >= 15 is 0 Å². The van der Waals surface area contributed by atoms with Crippen LogP contribution in [0.4, 0.5) is 0 Å². The van der Waals surface area contributed by atoms with Gasteiger partial charge in [-0.25, -0.2) is 0 Å². The van der Waals surface area contributed by atoms with Gasteiger partial charge in [-0.1, -0.05) is 29.8 Å². The lowest BCUT2D eigenvalue weighted by atomic mass is 10.0. The highest BCUT2D eigenvalue weighted by Crippen LogP contribution is 2.40. The lowest BCUT2D eigenvalue weighted by Gasteiger charge is -2.09. The summed E-state index contributed by atoms with van der Waals surface area (Å²) in [7, 11) is 0. The molecule has 94 valence electrons. The Labute approximate surface area is 128 Å². The van der Waals surface area contributed by atoms with Crippen molar-refractivity contribution in [2.45, 2.75) is 18.6 Å². The van der Waals surface area contributed by atoms with Gasteiger partial charge in [0, 0.05) is 4.88 Å². The first-order valence-electron chi connectivity index (χ1n) is 5.43. The van der Waals surface area contributed by atoms with Crippen LogP contribution in [0.3, 0.4) is 0 Å². The van der Waals surface area contributed by atoms with Crippen molar-refractivity contribution in [1.29, 1.82) is 0 Å². The summed E-state index contributed by atoms with van der Waals surface area (Å²) >= 11 is 17.5. The van der Waals surface area contributed by atoms with E-state index in [9.17, 15) is 0 Å². The fourth-order valence-corrected chi connectivity index (χ4v) is 4.09. The summed E-state index contributed by atoms with van der Waals surface area (Å²) in [6.07, 6.45) is 0. The molecule has 18 heavy (non-hydrogen) atoms. The van der Waals surface area contributed by atoms with Gasteiger partial charge in [0.2, 0.25) is 0 Å². The molecule has 1 aromatic carbocycles. The molecule has 1 atom stereocenters. The number of thiophene rings is 1. The third kappa shape index (κ3) is 2.35. The zero-order valence-electron chi connectivity index (χ0n) is 9.25. The van der Waals surface area contributed by atoms with Crippen LogP contribution in [0.1, 0.15) is 26.9 Å². The third-order valence-electron chi connectivity index (χ3n) is 2.95. The predicted octanol–water partition coefficient (Wildman–Crippen LogP) is 5.52. The van der Waals surface area contributed by atoms with Gasteiger partial charge < -0.3 is 4.74 Å². The molecule has 1 unspecified atom stereocenters. The van der Waals surface area contributed by atoms with E-state index in [4.69, 9.17) is 27.9 Å². The van der Waals surface area contributed by atoms with Crippen molar-refractivity contribution in [3.63, 3.8) is 0 Å². The van der Waals surface area contributed by atoms with Gasteiger partial charge in [-0.15, -0.1) is 22.9 Å². The third-order valence-corrected chi connectivity index (χ3v) is 6.11. The first-order valence-corrected chi connectivity index (χ1v) is 7.86. The van der Waals surface area contributed by atoms with Crippen molar-refractivity contribution in [1.82, 2.24) is 0 Å². The molecular formula is C13H9BrCl2OS. The van der Waals surface area contributed by atoms with Gasteiger partial charge in [0.25, 0.3) is 0 Å². The van der Waals surface area contributed by atoms with Crippen molar-refractivity contribution in [3.05, 3.63) is 54.6 Å². The largest absolute Gasteiger partial charge is 0.372 e. The highest BCUT2D eigenvalue weighted by Gasteiger charge is 2.18. The van der Waals surface area contributed by atoms with E-state index in [0.717, 1.165) is 14.2 Å². The van der Waals surface area contributed by atoms with E-state index in [1.807, 2.05) is 6.07 Å². The van der Waals surface area contributed by atoms with Crippen molar-refractivity contribution in [2.75, 3.05) is 0 Å². The minimum Gasteiger partial charge on any atom is -0.372 e. The standard InChI is InChI=1S/C13H9BrCl2OS/c14-13-10(15)4-11(18-13)12(16)7-1-2-8-5-17-6-9(8)3-7/h1-4,12H,5-6H2. The first kappa shape index (κ1) is 12.9. The van der Waals surface area contributed by atoms with Crippen LogP contribution in [-0.2, 0) is 18.0 Å². The number of benzene rings is 1. The van der Waals surface area contributed by atoms with Gasteiger partial charge >= 0.3 is 0 Å². The topological polar surface area (TPSA) is 9.23 Å². The molecule has 0 radical (unpaired) electrons. The van der Waals surface area contributed by atoms with Crippen LogP contribution in [0.25, 0.3) is 0 Å². The quantitative estimate of drug-likeness (QED) is 0.638. The molecule has 2 heterocycles. The number of hydrogen-bond donors (Lipinski definition) is 0. The maximum Gasteiger partial charge on any atom is 0.0928 e. The number of alkyl halides is 1. The second-order valence-corrected chi connectivity index (χ2v) is 7.40. The second kappa shape index (κ2) is 5.14. The van der Waals surface area contributed by atoms with E-state index < -0.39 is 0 Å². The zero-order chi connectivity index (χ0) is 12.7. The molecule has 1 nitrogen and oxygen atoms in total. The molecule has 5 heteroatoms. The van der Waals surface area contributed by atoms with E-state index in [1.165, 1.54) is 11.1 Å². The lowest BCUT2D eigenvalue weighted by Crippen LogP contribution is -1.92. The van der Waals surface area contributed by atoms with Crippen LogP contribution in [0, 0.1) is 0 Å². The number of ether oxygens (including phenoxy) is 1. The zero-order valence-corrected chi connectivity index (χ0v) is 13.2. The van der Waals surface area contributed by atoms with E-state index in [1.54, 1.807) is 11.3 Å². The fraction of sp³-hybridized carbons (Fsp3) is 0.231. The van der Waals surface area contributed by atoms with Crippen LogP contribution in [0.2, 0.25) is 5.02 Å². The molecule has 0 saturated carbocycles. The van der Waals surface area contributed by atoms with Gasteiger partial charge in [-0.2, -0.15) is 0 Å². The maximum absolute atomic E-state index is 6.51. The Kier molecular flexibility index (Phi) is 3.70. The summed E-state index contributed by atoms with van der Waals surface area (Å²) in [5, 5.41) is 0.551. The predicted molar refractivity (Wildman–Crippen MR) is 79.7 cm³/mol. The van der Waals surface area contributed by atoms with Gasteiger partial charge in [0.15, 0.2) is 0 Å². The monoisotopic (exact) mass is 362 g/mol. The average molecular weight is 364 g/mol. The van der Waals surface area contributed by atoms with E-state index in [2.05, 4.69) is 34.1 Å². The molecule has 2 aromatic rings. The summed E-state index contributed by atoms with van der Waals surface area (Å²) in [5.41, 5.74) is 3.58. The molecule has 0 saturated heterocycles. The summed E-state index contributed by atoms with van der Waals surface area (Å²) in [6, 6.07) is 8.20. The van der Waals surface area contributed by atoms with Crippen LogP contribution >= 0.6 is 50.5 Å². The van der Waals surface area contributed by atoms with Crippen molar-refractivity contribution < 1.29 is 4.74 Å². The molecule has 1 aliphatic rings. The molecule has 0 amide bonds. The minimum atomic E-state index is -0.162. The Morgan fingerprint density at radius 1 is 1.22 bits per heavy atom. The number of rotatable bonds is 2. The first-order chi connectivity index (χ1) is 8.65. The van der Waals surface area contributed by atoms with Gasteiger partial charge in [-0.05, 0) is 38.7 Å². The Morgan fingerprint density at radius 2 is 2.00 bits per heavy atom. The van der Waals surface area contributed by atoms with Crippen molar-refractivity contribution in [3.8, 4) is 0 Å². The highest BCUT2D eigenvalue weighted by atomic mass is 79.9. The molecule has 0 bridgehead atoms. The number of hydrogen-bond acceptors (Lipinski definition) is 2. The minimum absolute atomic E-state index is 0.162. The Bertz CT molecular complexity index is 577. The van der Waals surface area contributed by atoms with Gasteiger partial charge in [0.05, 0.1) is 27.4 Å². The SMILES string of the molecule is Clc1cc(C(Cl)c2ccc3c(c2)COC3)sc1Br. The smallest absolute Gasteiger partial charge is 0.0928 e. The van der Waals surface area contributed by atoms with E-state index in [-0.39, 0.29) is 5.38 Å². The lowest BCUT2D eigenvalue weighted by molar-refractivity contribution is 0.134. The molecular weight excluding hydrogens is 355 g/mol. The van der Waals surface area contributed by atoms with Gasteiger partial charge in [-0.3, -0.25) is 0 Å². The average Bonchev–Trinajstić information content (AvgIpc) is 2.95. The highest BCUT2D eigenvalue weighted by molar-refractivity contribution is 9.11. The molecule has 3 rings (SSSR count). The molecule has 1 aromatic heterocycles. The summed E-state index contributed by atoms with van der Waals surface area (Å²) < 4.78 is 6.33. The Balaban J connectivity index is 1.94. The molecule has 0 N–H and O–H groups in total. The van der Waals surface area contributed by atoms with Crippen molar-refractivity contribution in [2.24, 2.45) is 0 Å². The summed E-state index contributed by atoms with van der Waals surface area (Å²) in [4.78, 5) is 1.05. The molecule has 0 fully saturated rings. The van der Waals surface area contributed by atoms with Gasteiger partial charge in [0.1, 0.15) is 0 Å². The number of halogens is 3. The second-order valence-electron chi connectivity index (χ2n) is 4.15. The van der Waals surface area contributed by atoms with Crippen molar-refractivity contribution >= 4 is 50.5 Å². The Hall–Kier alpha value is -0.0600. The maximum atomic E-state index is 6.51. The molecule has 0 aliphatic carbocycles. The van der Waals surface area contributed by atoms with Crippen LogP contribution in [0.5, 0.6) is 0 Å².